The summed E-state index contributed by atoms with van der Waals surface area (Å²) in [6, 6.07) is 1.84. The molecule has 1 atom stereocenters. The Morgan fingerprint density at radius 3 is 3.13 bits per heavy atom. The number of rotatable bonds is 2. The van der Waals surface area contributed by atoms with Gasteiger partial charge < -0.3 is 15.4 Å². The van der Waals surface area contributed by atoms with Crippen LogP contribution in [0.15, 0.2) is 10.9 Å². The fraction of sp³-hybridized carbons (Fsp3) is 0.667. The molecule has 2 aromatic heterocycles. The Morgan fingerprint density at radius 2 is 2.30 bits per heavy atom. The number of nitrogens with zero attached hydrogens (tertiary/aromatic N) is 3. The van der Waals surface area contributed by atoms with E-state index in [-0.39, 0.29) is 11.2 Å². The minimum atomic E-state index is -0.126. The average molecular weight is 335 g/mol. The zero-order valence-corrected chi connectivity index (χ0v) is 14.0. The highest BCUT2D eigenvalue weighted by Gasteiger charge is 2.38. The van der Waals surface area contributed by atoms with Crippen LogP contribution in [0.3, 0.4) is 0 Å². The molecule has 2 aliphatic heterocycles. The maximum Gasteiger partial charge on any atom is 0.275 e. The van der Waals surface area contributed by atoms with Gasteiger partial charge in [0.2, 0.25) is 10.1 Å². The Morgan fingerprint density at radius 1 is 1.48 bits per heavy atom. The lowest BCUT2D eigenvalue weighted by atomic mass is 9.83. The van der Waals surface area contributed by atoms with Crippen LogP contribution in [0.1, 0.15) is 31.4 Å². The predicted octanol–water partition coefficient (Wildman–Crippen LogP) is 1.17. The summed E-state index contributed by atoms with van der Waals surface area (Å²) in [7, 11) is 0. The van der Waals surface area contributed by atoms with Crippen LogP contribution in [0.5, 0.6) is 0 Å². The maximum absolute atomic E-state index is 12.0. The number of hydrogen-bond acceptors (Lipinski definition) is 7. The number of fused-ring (bicyclic) bond motifs is 1. The molecule has 0 radical (unpaired) electrons. The van der Waals surface area contributed by atoms with Gasteiger partial charge in [-0.3, -0.25) is 4.79 Å². The van der Waals surface area contributed by atoms with E-state index < -0.39 is 0 Å². The standard InChI is InChI=1S/C15H21N5O2S/c1-10-8-12(21)20-14(17-10)23-13(19-20)18-11-2-7-22-15(9-11)3-5-16-6-4-15/h8,11,16H,2-7,9H2,1H3,(H,18,19). The molecule has 1 unspecified atom stereocenters. The van der Waals surface area contributed by atoms with E-state index >= 15 is 0 Å². The molecule has 2 N–H and O–H groups in total. The van der Waals surface area contributed by atoms with Gasteiger partial charge in [0.1, 0.15) is 0 Å². The van der Waals surface area contributed by atoms with Gasteiger partial charge in [0.05, 0.1) is 5.60 Å². The topological polar surface area (TPSA) is 80.6 Å². The Bertz CT molecular complexity index is 759. The minimum absolute atomic E-state index is 0.00350. The van der Waals surface area contributed by atoms with Crippen LogP contribution in [-0.4, -0.2) is 45.9 Å². The highest BCUT2D eigenvalue weighted by Crippen LogP contribution is 2.34. The Hall–Kier alpha value is -1.51. The van der Waals surface area contributed by atoms with Gasteiger partial charge in [0.15, 0.2) is 0 Å². The van der Waals surface area contributed by atoms with Gasteiger partial charge in [-0.1, -0.05) is 11.3 Å². The summed E-state index contributed by atoms with van der Waals surface area (Å²) < 4.78 is 7.48. The molecule has 8 heteroatoms. The van der Waals surface area contributed by atoms with Crippen molar-refractivity contribution < 1.29 is 4.74 Å². The molecule has 124 valence electrons. The molecule has 2 aliphatic rings. The summed E-state index contributed by atoms with van der Waals surface area (Å²) >= 11 is 1.43. The van der Waals surface area contributed by atoms with Crippen molar-refractivity contribution in [1.29, 1.82) is 0 Å². The van der Waals surface area contributed by atoms with Gasteiger partial charge in [0.25, 0.3) is 5.56 Å². The first-order valence-electron chi connectivity index (χ1n) is 8.12. The molecule has 2 saturated heterocycles. The first-order chi connectivity index (χ1) is 11.1. The summed E-state index contributed by atoms with van der Waals surface area (Å²) in [5.74, 6) is 0. The molecule has 23 heavy (non-hydrogen) atoms. The molecule has 0 aromatic carbocycles. The van der Waals surface area contributed by atoms with Crippen LogP contribution >= 0.6 is 11.3 Å². The van der Waals surface area contributed by atoms with E-state index in [4.69, 9.17) is 4.74 Å². The number of anilines is 1. The Labute approximate surface area is 138 Å². The monoisotopic (exact) mass is 335 g/mol. The van der Waals surface area contributed by atoms with Crippen LogP contribution in [0.2, 0.25) is 0 Å². The summed E-state index contributed by atoms with van der Waals surface area (Å²) in [5, 5.41) is 12.0. The smallest absolute Gasteiger partial charge is 0.275 e. The second-order valence-electron chi connectivity index (χ2n) is 6.45. The molecule has 0 amide bonds. The van der Waals surface area contributed by atoms with Crippen molar-refractivity contribution in [2.24, 2.45) is 0 Å². The van der Waals surface area contributed by atoms with Crippen molar-refractivity contribution >= 4 is 21.4 Å². The van der Waals surface area contributed by atoms with Crippen molar-refractivity contribution in [2.45, 2.75) is 44.2 Å². The molecule has 0 aliphatic carbocycles. The highest BCUT2D eigenvalue weighted by atomic mass is 32.1. The van der Waals surface area contributed by atoms with Crippen molar-refractivity contribution in [1.82, 2.24) is 19.9 Å². The van der Waals surface area contributed by atoms with Gasteiger partial charge in [-0.15, -0.1) is 5.10 Å². The zero-order valence-electron chi connectivity index (χ0n) is 13.2. The van der Waals surface area contributed by atoms with E-state index in [9.17, 15) is 4.79 Å². The van der Waals surface area contributed by atoms with Gasteiger partial charge in [-0.25, -0.2) is 4.98 Å². The van der Waals surface area contributed by atoms with Crippen molar-refractivity contribution in [3.63, 3.8) is 0 Å². The van der Waals surface area contributed by atoms with Crippen molar-refractivity contribution in [3.8, 4) is 0 Å². The summed E-state index contributed by atoms with van der Waals surface area (Å²) in [6.07, 6.45) is 4.08. The average Bonchev–Trinajstić information content (AvgIpc) is 2.91. The first-order valence-corrected chi connectivity index (χ1v) is 8.94. The van der Waals surface area contributed by atoms with Crippen LogP contribution in [0, 0.1) is 6.92 Å². The highest BCUT2D eigenvalue weighted by molar-refractivity contribution is 7.20. The van der Waals surface area contributed by atoms with Gasteiger partial charge in [-0.2, -0.15) is 4.52 Å². The maximum atomic E-state index is 12.0. The molecule has 2 fully saturated rings. The van der Waals surface area contributed by atoms with Gasteiger partial charge in [-0.05, 0) is 45.7 Å². The fourth-order valence-electron chi connectivity index (χ4n) is 3.54. The number of nitrogens with one attached hydrogen (secondary N) is 2. The molecule has 0 bridgehead atoms. The largest absolute Gasteiger partial charge is 0.375 e. The number of aryl methyl sites for hydroxylation is 1. The van der Waals surface area contributed by atoms with E-state index in [2.05, 4.69) is 20.7 Å². The lowest BCUT2D eigenvalue weighted by Gasteiger charge is -2.43. The fourth-order valence-corrected chi connectivity index (χ4v) is 4.46. The van der Waals surface area contributed by atoms with Crippen LogP contribution in [0.4, 0.5) is 5.13 Å². The van der Waals surface area contributed by atoms with Gasteiger partial charge in [0, 0.05) is 24.4 Å². The Balaban J connectivity index is 1.53. The third-order valence-electron chi connectivity index (χ3n) is 4.71. The number of hydrogen-bond donors (Lipinski definition) is 2. The van der Waals surface area contributed by atoms with Crippen LogP contribution < -0.4 is 16.2 Å². The lowest BCUT2D eigenvalue weighted by Crippen LogP contribution is -2.50. The molecule has 4 rings (SSSR count). The minimum Gasteiger partial charge on any atom is -0.375 e. The summed E-state index contributed by atoms with van der Waals surface area (Å²) in [5.41, 5.74) is 0.604. The molecule has 2 aromatic rings. The van der Waals surface area contributed by atoms with E-state index in [1.807, 2.05) is 6.92 Å². The van der Waals surface area contributed by atoms with Crippen LogP contribution in [-0.2, 0) is 4.74 Å². The van der Waals surface area contributed by atoms with E-state index in [0.29, 0.717) is 11.0 Å². The van der Waals surface area contributed by atoms with E-state index in [1.54, 1.807) is 0 Å². The SMILES string of the molecule is Cc1cc(=O)n2nc(NC3CCOC4(CCNCC4)C3)sc2n1. The first kappa shape index (κ1) is 15.0. The quantitative estimate of drug-likeness (QED) is 0.858. The van der Waals surface area contributed by atoms with E-state index in [0.717, 1.165) is 56.2 Å². The molecule has 1 spiro atoms. The van der Waals surface area contributed by atoms with Gasteiger partial charge >= 0.3 is 0 Å². The number of aromatic nitrogens is 3. The molecular weight excluding hydrogens is 314 g/mol. The third kappa shape index (κ3) is 2.98. The molecule has 0 saturated carbocycles. The molecule has 7 nitrogen and oxygen atoms in total. The zero-order chi connectivity index (χ0) is 15.9. The molecular formula is C15H21N5O2S. The normalized spacial score (nSPS) is 24.1. The van der Waals surface area contributed by atoms with Crippen molar-refractivity contribution in [3.05, 3.63) is 22.1 Å². The Kier molecular flexibility index (Phi) is 3.82. The number of ether oxygens (including phenoxy) is 1. The number of piperidine rings is 1. The second kappa shape index (κ2) is 5.85. The van der Waals surface area contributed by atoms with Crippen molar-refractivity contribution in [2.75, 3.05) is 25.0 Å². The summed E-state index contributed by atoms with van der Waals surface area (Å²) in [4.78, 5) is 17.0. The molecule has 4 heterocycles. The second-order valence-corrected chi connectivity index (χ2v) is 7.41. The van der Waals surface area contributed by atoms with Crippen LogP contribution in [0.25, 0.3) is 4.96 Å². The van der Waals surface area contributed by atoms with E-state index in [1.165, 1.54) is 21.9 Å². The lowest BCUT2D eigenvalue weighted by molar-refractivity contribution is -0.0986. The summed E-state index contributed by atoms with van der Waals surface area (Å²) in [6.45, 7) is 4.65. The third-order valence-corrected chi connectivity index (χ3v) is 5.55. The predicted molar refractivity (Wildman–Crippen MR) is 89.3 cm³/mol.